The third-order valence-corrected chi connectivity index (χ3v) is 5.91. The van der Waals surface area contributed by atoms with Gasteiger partial charge in [0.25, 0.3) is 0 Å². The highest BCUT2D eigenvalue weighted by atomic mass is 19.1. The molecule has 0 radical (unpaired) electrons. The molecule has 1 fully saturated rings. The second-order valence-electron chi connectivity index (χ2n) is 8.60. The van der Waals surface area contributed by atoms with Gasteiger partial charge in [-0.05, 0) is 60.6 Å². The molecule has 2 aromatic rings. The van der Waals surface area contributed by atoms with Crippen LogP contribution in [0.5, 0.6) is 0 Å². The molecule has 2 aromatic carbocycles. The smallest absolute Gasteiger partial charge is 0.310 e. The Morgan fingerprint density at radius 1 is 1.09 bits per heavy atom. The summed E-state index contributed by atoms with van der Waals surface area (Å²) in [6.07, 6.45) is 3.66. The van der Waals surface area contributed by atoms with E-state index in [0.29, 0.717) is 12.2 Å². The lowest BCUT2D eigenvalue weighted by Crippen LogP contribution is -2.40. The maximum absolute atomic E-state index is 13.1. The molecule has 1 saturated heterocycles. The SMILES string of the molecule is CCCOC(=O)Cc1ccc(CC(=O)O)cc1NC1CCN(CCc2ccc(F)cc2)CC1. The number of carbonyl (C=O) groups is 2. The van der Waals surface area contributed by atoms with E-state index in [0.717, 1.165) is 62.1 Å². The number of nitrogens with zero attached hydrogens (tertiary/aromatic N) is 1. The molecule has 178 valence electrons. The highest BCUT2D eigenvalue weighted by molar-refractivity contribution is 5.76. The van der Waals surface area contributed by atoms with E-state index in [2.05, 4.69) is 10.2 Å². The first kappa shape index (κ1) is 24.7. The molecule has 7 heteroatoms. The van der Waals surface area contributed by atoms with Crippen molar-refractivity contribution in [2.75, 3.05) is 31.6 Å². The number of piperidine rings is 1. The van der Waals surface area contributed by atoms with Crippen LogP contribution in [0.25, 0.3) is 0 Å². The lowest BCUT2D eigenvalue weighted by molar-refractivity contribution is -0.142. The molecule has 0 unspecified atom stereocenters. The van der Waals surface area contributed by atoms with Gasteiger partial charge in [0.1, 0.15) is 5.82 Å². The number of rotatable bonds is 11. The summed E-state index contributed by atoms with van der Waals surface area (Å²) < 4.78 is 18.3. The largest absolute Gasteiger partial charge is 0.481 e. The van der Waals surface area contributed by atoms with Crippen LogP contribution >= 0.6 is 0 Å². The average Bonchev–Trinajstić information content (AvgIpc) is 2.79. The Kier molecular flexibility index (Phi) is 9.24. The van der Waals surface area contributed by atoms with Crippen molar-refractivity contribution < 1.29 is 23.8 Å². The highest BCUT2D eigenvalue weighted by Crippen LogP contribution is 2.24. The maximum atomic E-state index is 13.1. The van der Waals surface area contributed by atoms with Crippen molar-refractivity contribution in [2.45, 2.75) is 51.5 Å². The number of hydrogen-bond acceptors (Lipinski definition) is 5. The molecule has 0 aliphatic carbocycles. The standard InChI is InChI=1S/C26H33FN2O4/c1-2-15-33-26(32)18-21-6-3-20(17-25(30)31)16-24(21)28-23-10-13-29(14-11-23)12-9-19-4-7-22(27)8-5-19/h3-8,16,23,28H,2,9-15,17-18H2,1H3,(H,30,31). The third-order valence-electron chi connectivity index (χ3n) is 5.91. The Hall–Kier alpha value is -2.93. The van der Waals surface area contributed by atoms with Crippen LogP contribution < -0.4 is 5.32 Å². The maximum Gasteiger partial charge on any atom is 0.310 e. The fourth-order valence-corrected chi connectivity index (χ4v) is 4.08. The van der Waals surface area contributed by atoms with E-state index in [1.807, 2.05) is 31.2 Å². The molecule has 2 N–H and O–H groups in total. The van der Waals surface area contributed by atoms with Gasteiger partial charge in [0.2, 0.25) is 0 Å². The number of benzene rings is 2. The van der Waals surface area contributed by atoms with Crippen LogP contribution in [0.3, 0.4) is 0 Å². The number of esters is 1. The topological polar surface area (TPSA) is 78.9 Å². The van der Waals surface area contributed by atoms with E-state index >= 15 is 0 Å². The minimum absolute atomic E-state index is 0.0585. The van der Waals surface area contributed by atoms with Crippen molar-refractivity contribution in [3.05, 3.63) is 65.0 Å². The minimum Gasteiger partial charge on any atom is -0.481 e. The highest BCUT2D eigenvalue weighted by Gasteiger charge is 2.21. The van der Waals surface area contributed by atoms with E-state index in [9.17, 15) is 14.0 Å². The Labute approximate surface area is 194 Å². The number of likely N-dealkylation sites (tertiary alicyclic amines) is 1. The minimum atomic E-state index is -0.884. The summed E-state index contributed by atoms with van der Waals surface area (Å²) in [6.45, 7) is 5.17. The molecule has 1 aliphatic rings. The molecular formula is C26H33FN2O4. The molecule has 3 rings (SSSR count). The molecule has 0 bridgehead atoms. The number of carboxylic acids is 1. The number of hydrogen-bond donors (Lipinski definition) is 2. The van der Waals surface area contributed by atoms with Gasteiger partial charge in [-0.3, -0.25) is 9.59 Å². The van der Waals surface area contributed by atoms with Crippen molar-refractivity contribution in [2.24, 2.45) is 0 Å². The van der Waals surface area contributed by atoms with E-state index in [4.69, 9.17) is 9.84 Å². The van der Waals surface area contributed by atoms with Gasteiger partial charge >= 0.3 is 11.9 Å². The fourth-order valence-electron chi connectivity index (χ4n) is 4.08. The van der Waals surface area contributed by atoms with Gasteiger partial charge < -0.3 is 20.1 Å². The zero-order valence-corrected chi connectivity index (χ0v) is 19.2. The zero-order chi connectivity index (χ0) is 23.6. The van der Waals surface area contributed by atoms with E-state index < -0.39 is 5.97 Å². The van der Waals surface area contributed by atoms with Crippen molar-refractivity contribution in [3.8, 4) is 0 Å². The van der Waals surface area contributed by atoms with E-state index in [1.165, 1.54) is 12.1 Å². The van der Waals surface area contributed by atoms with Crippen molar-refractivity contribution in [3.63, 3.8) is 0 Å². The molecular weight excluding hydrogens is 423 g/mol. The van der Waals surface area contributed by atoms with Gasteiger partial charge in [-0.25, -0.2) is 4.39 Å². The van der Waals surface area contributed by atoms with Crippen molar-refractivity contribution in [1.82, 2.24) is 4.90 Å². The summed E-state index contributed by atoms with van der Waals surface area (Å²) in [5.74, 6) is -1.37. The molecule has 0 aromatic heterocycles. The van der Waals surface area contributed by atoms with Gasteiger partial charge in [0.05, 0.1) is 19.4 Å². The summed E-state index contributed by atoms with van der Waals surface area (Å²) in [5.41, 5.74) is 3.47. The molecule has 6 nitrogen and oxygen atoms in total. The molecule has 0 amide bonds. The Morgan fingerprint density at radius 3 is 2.45 bits per heavy atom. The molecule has 1 aliphatic heterocycles. The van der Waals surface area contributed by atoms with Gasteiger partial charge in [-0.1, -0.05) is 31.2 Å². The van der Waals surface area contributed by atoms with E-state index in [-0.39, 0.29) is 30.7 Å². The Morgan fingerprint density at radius 2 is 1.79 bits per heavy atom. The lowest BCUT2D eigenvalue weighted by atomic mass is 10.0. The molecule has 0 spiro atoms. The summed E-state index contributed by atoms with van der Waals surface area (Å²) in [5, 5.41) is 12.7. The van der Waals surface area contributed by atoms with Gasteiger partial charge in [-0.2, -0.15) is 0 Å². The number of aliphatic carboxylic acids is 1. The van der Waals surface area contributed by atoms with Crippen molar-refractivity contribution in [1.29, 1.82) is 0 Å². The van der Waals surface area contributed by atoms with E-state index in [1.54, 1.807) is 6.07 Å². The predicted octanol–water partition coefficient (Wildman–Crippen LogP) is 4.07. The first-order valence-electron chi connectivity index (χ1n) is 11.7. The van der Waals surface area contributed by atoms with Crippen LogP contribution in [-0.4, -0.2) is 54.2 Å². The summed E-state index contributed by atoms with van der Waals surface area (Å²) in [6, 6.07) is 12.3. The molecule has 0 saturated carbocycles. The number of ether oxygens (including phenoxy) is 1. The van der Waals surface area contributed by atoms with Gasteiger partial charge in [0, 0.05) is 31.4 Å². The zero-order valence-electron chi connectivity index (χ0n) is 19.2. The fraction of sp³-hybridized carbons (Fsp3) is 0.462. The van der Waals surface area contributed by atoms with Crippen LogP contribution in [0.2, 0.25) is 0 Å². The second-order valence-corrected chi connectivity index (χ2v) is 8.60. The summed E-state index contributed by atoms with van der Waals surface area (Å²) >= 11 is 0. The Balaban J connectivity index is 1.57. The number of halogens is 1. The second kappa shape index (κ2) is 12.3. The predicted molar refractivity (Wildman–Crippen MR) is 126 cm³/mol. The van der Waals surface area contributed by atoms with Crippen LogP contribution in [0, 0.1) is 5.82 Å². The molecule has 33 heavy (non-hydrogen) atoms. The Bertz CT molecular complexity index is 924. The first-order chi connectivity index (χ1) is 15.9. The van der Waals surface area contributed by atoms with Crippen LogP contribution in [0.4, 0.5) is 10.1 Å². The lowest BCUT2D eigenvalue weighted by Gasteiger charge is -2.33. The summed E-state index contributed by atoms with van der Waals surface area (Å²) in [7, 11) is 0. The molecule has 0 atom stereocenters. The van der Waals surface area contributed by atoms with Gasteiger partial charge in [-0.15, -0.1) is 0 Å². The first-order valence-corrected chi connectivity index (χ1v) is 11.7. The van der Waals surface area contributed by atoms with Crippen LogP contribution in [0.1, 0.15) is 42.9 Å². The quantitative estimate of drug-likeness (QED) is 0.497. The third kappa shape index (κ3) is 8.17. The van der Waals surface area contributed by atoms with Gasteiger partial charge in [0.15, 0.2) is 0 Å². The van der Waals surface area contributed by atoms with Crippen molar-refractivity contribution >= 4 is 17.6 Å². The number of carbonyl (C=O) groups excluding carboxylic acids is 1. The number of nitrogens with one attached hydrogen (secondary N) is 1. The van der Waals surface area contributed by atoms with Crippen LogP contribution in [-0.2, 0) is 33.6 Å². The summed E-state index contributed by atoms with van der Waals surface area (Å²) in [4.78, 5) is 25.7. The number of carboxylic acid groups (broad SMARTS) is 1. The van der Waals surface area contributed by atoms with Crippen LogP contribution in [0.15, 0.2) is 42.5 Å². The number of anilines is 1. The molecule has 1 heterocycles. The normalized spacial score (nSPS) is 14.7. The monoisotopic (exact) mass is 456 g/mol. The average molecular weight is 457 g/mol.